The fourth-order valence-corrected chi connectivity index (χ4v) is 1.56. The van der Waals surface area contributed by atoms with Crippen molar-refractivity contribution in [1.29, 1.82) is 0 Å². The third-order valence-corrected chi connectivity index (χ3v) is 3.29. The third kappa shape index (κ3) is 2.77. The average Bonchev–Trinajstić information content (AvgIpc) is 2.28. The second kappa shape index (κ2) is 4.75. The maximum Gasteiger partial charge on any atom is 0.325 e. The number of phenolic OH excluding ortho intramolecular Hbond substituents is 1. The van der Waals surface area contributed by atoms with Crippen LogP contribution in [0, 0.1) is 0 Å². The van der Waals surface area contributed by atoms with Crippen molar-refractivity contribution in [2.75, 3.05) is 0 Å². The molecule has 0 aliphatic carbocycles. The van der Waals surface area contributed by atoms with Crippen LogP contribution in [0.2, 0.25) is 0 Å². The Morgan fingerprint density at radius 2 is 2.06 bits per heavy atom. The predicted molar refractivity (Wildman–Crippen MR) is 66.0 cm³/mol. The molecule has 4 N–H and O–H groups in total. The lowest BCUT2D eigenvalue weighted by Crippen LogP contribution is -2.22. The molecule has 0 aliphatic heterocycles. The van der Waals surface area contributed by atoms with Crippen LogP contribution in [0.5, 0.6) is 5.75 Å². The number of phenols is 1. The molecule has 0 saturated carbocycles. The van der Waals surface area contributed by atoms with Crippen molar-refractivity contribution in [3.8, 4) is 5.75 Å². The summed E-state index contributed by atoms with van der Waals surface area (Å²) >= 11 is 0. The zero-order chi connectivity index (χ0) is 13.2. The van der Waals surface area contributed by atoms with Crippen molar-refractivity contribution in [2.24, 2.45) is 5.73 Å². The molecular weight excluding hydrogens is 218 g/mol. The summed E-state index contributed by atoms with van der Waals surface area (Å²) in [6.45, 7) is 6.19. The fourth-order valence-electron chi connectivity index (χ4n) is 1.56. The Morgan fingerprint density at radius 1 is 1.47 bits per heavy atom. The molecule has 0 saturated heterocycles. The summed E-state index contributed by atoms with van der Waals surface area (Å²) in [6, 6.07) is 3.79. The Labute approximate surface area is 101 Å². The molecule has 4 heteroatoms. The minimum absolute atomic E-state index is 0.0688. The molecule has 0 bridgehead atoms. The smallest absolute Gasteiger partial charge is 0.325 e. The van der Waals surface area contributed by atoms with E-state index in [-0.39, 0.29) is 16.7 Å². The van der Waals surface area contributed by atoms with Crippen LogP contribution < -0.4 is 5.73 Å². The first-order valence-corrected chi connectivity index (χ1v) is 5.61. The van der Waals surface area contributed by atoms with E-state index < -0.39 is 12.0 Å². The SMILES string of the molecule is CCC(C)(C)c1ccc(O)c([C@H](N)C(=O)O)c1. The van der Waals surface area contributed by atoms with Gasteiger partial charge in [0.25, 0.3) is 0 Å². The van der Waals surface area contributed by atoms with E-state index in [9.17, 15) is 9.90 Å². The summed E-state index contributed by atoms with van der Waals surface area (Å²) < 4.78 is 0. The van der Waals surface area contributed by atoms with Gasteiger partial charge in [-0.3, -0.25) is 4.79 Å². The summed E-state index contributed by atoms with van der Waals surface area (Å²) in [5.41, 5.74) is 6.70. The second-order valence-electron chi connectivity index (χ2n) is 4.83. The molecule has 1 rings (SSSR count). The minimum atomic E-state index is -1.19. The number of carboxylic acid groups (broad SMARTS) is 1. The summed E-state index contributed by atoms with van der Waals surface area (Å²) in [5, 5.41) is 18.5. The molecule has 0 aromatic heterocycles. The molecule has 0 aliphatic rings. The van der Waals surface area contributed by atoms with Gasteiger partial charge in [-0.25, -0.2) is 0 Å². The van der Waals surface area contributed by atoms with Crippen molar-refractivity contribution in [1.82, 2.24) is 0 Å². The molecule has 94 valence electrons. The molecule has 0 amide bonds. The molecule has 0 unspecified atom stereocenters. The normalized spacial score (nSPS) is 13.4. The van der Waals surface area contributed by atoms with E-state index >= 15 is 0 Å². The van der Waals surface area contributed by atoms with Crippen LogP contribution in [0.15, 0.2) is 18.2 Å². The summed E-state index contributed by atoms with van der Waals surface area (Å²) in [4.78, 5) is 10.8. The van der Waals surface area contributed by atoms with Gasteiger partial charge >= 0.3 is 5.97 Å². The maximum atomic E-state index is 10.8. The van der Waals surface area contributed by atoms with Gasteiger partial charge in [0.1, 0.15) is 11.8 Å². The van der Waals surface area contributed by atoms with Gasteiger partial charge in [-0.05, 0) is 29.5 Å². The maximum absolute atomic E-state index is 10.8. The Kier molecular flexibility index (Phi) is 3.78. The van der Waals surface area contributed by atoms with Gasteiger partial charge in [0.2, 0.25) is 0 Å². The van der Waals surface area contributed by atoms with E-state index in [1.165, 1.54) is 6.07 Å². The lowest BCUT2D eigenvalue weighted by atomic mass is 9.81. The number of rotatable bonds is 4. The lowest BCUT2D eigenvalue weighted by molar-refractivity contribution is -0.138. The first-order valence-electron chi connectivity index (χ1n) is 5.61. The van der Waals surface area contributed by atoms with Crippen molar-refractivity contribution in [2.45, 2.75) is 38.6 Å². The first kappa shape index (κ1) is 13.5. The monoisotopic (exact) mass is 237 g/mol. The topological polar surface area (TPSA) is 83.5 Å². The Hall–Kier alpha value is -1.55. The number of aliphatic carboxylic acids is 1. The molecule has 1 aromatic rings. The van der Waals surface area contributed by atoms with Crippen molar-refractivity contribution in [3.63, 3.8) is 0 Å². The molecule has 0 spiro atoms. The largest absolute Gasteiger partial charge is 0.508 e. The van der Waals surface area contributed by atoms with Crippen molar-refractivity contribution in [3.05, 3.63) is 29.3 Å². The number of benzene rings is 1. The van der Waals surface area contributed by atoms with Gasteiger partial charge in [0.15, 0.2) is 0 Å². The zero-order valence-electron chi connectivity index (χ0n) is 10.4. The van der Waals surface area contributed by atoms with E-state index in [4.69, 9.17) is 10.8 Å². The highest BCUT2D eigenvalue weighted by molar-refractivity contribution is 5.76. The highest BCUT2D eigenvalue weighted by Crippen LogP contribution is 2.32. The number of carboxylic acids is 1. The lowest BCUT2D eigenvalue weighted by Gasteiger charge is -2.24. The number of hydrogen-bond donors (Lipinski definition) is 3. The van der Waals surface area contributed by atoms with E-state index in [1.54, 1.807) is 12.1 Å². The number of nitrogens with two attached hydrogens (primary N) is 1. The van der Waals surface area contributed by atoms with Gasteiger partial charge in [-0.15, -0.1) is 0 Å². The van der Waals surface area contributed by atoms with Crippen molar-refractivity contribution < 1.29 is 15.0 Å². The van der Waals surface area contributed by atoms with Gasteiger partial charge < -0.3 is 15.9 Å². The van der Waals surface area contributed by atoms with E-state index in [1.807, 2.05) is 0 Å². The van der Waals surface area contributed by atoms with E-state index in [2.05, 4.69) is 20.8 Å². The van der Waals surface area contributed by atoms with Crippen LogP contribution in [-0.2, 0) is 10.2 Å². The molecule has 0 radical (unpaired) electrons. The Morgan fingerprint density at radius 3 is 2.53 bits per heavy atom. The fraction of sp³-hybridized carbons (Fsp3) is 0.462. The Balaban J connectivity index is 3.24. The highest BCUT2D eigenvalue weighted by atomic mass is 16.4. The van der Waals surface area contributed by atoms with Crippen LogP contribution in [-0.4, -0.2) is 16.2 Å². The van der Waals surface area contributed by atoms with E-state index in [0.29, 0.717) is 0 Å². The number of hydrogen-bond acceptors (Lipinski definition) is 3. The standard InChI is InChI=1S/C13H19NO3/c1-4-13(2,3)8-5-6-10(15)9(7-8)11(14)12(16)17/h5-7,11,15H,4,14H2,1-3H3,(H,16,17)/t11-/m0/s1. The summed E-state index contributed by atoms with van der Waals surface area (Å²) in [5.74, 6) is -1.22. The van der Waals surface area contributed by atoms with Gasteiger partial charge in [0.05, 0.1) is 0 Å². The molecule has 1 aromatic carbocycles. The van der Waals surface area contributed by atoms with Gasteiger partial charge in [-0.2, -0.15) is 0 Å². The molecule has 0 fully saturated rings. The minimum Gasteiger partial charge on any atom is -0.508 e. The molecule has 1 atom stereocenters. The van der Waals surface area contributed by atoms with Crippen LogP contribution in [0.1, 0.15) is 44.4 Å². The first-order chi connectivity index (χ1) is 7.79. The van der Waals surface area contributed by atoms with Crippen LogP contribution in [0.4, 0.5) is 0 Å². The average molecular weight is 237 g/mol. The predicted octanol–water partition coefficient (Wildman–Crippen LogP) is 2.16. The highest BCUT2D eigenvalue weighted by Gasteiger charge is 2.23. The summed E-state index contributed by atoms with van der Waals surface area (Å²) in [7, 11) is 0. The molecular formula is C13H19NO3. The van der Waals surface area contributed by atoms with Crippen molar-refractivity contribution >= 4 is 5.97 Å². The van der Waals surface area contributed by atoms with Crippen LogP contribution in [0.3, 0.4) is 0 Å². The van der Waals surface area contributed by atoms with Gasteiger partial charge in [-0.1, -0.05) is 26.8 Å². The van der Waals surface area contributed by atoms with Crippen LogP contribution in [0.25, 0.3) is 0 Å². The quantitative estimate of drug-likeness (QED) is 0.749. The number of aromatic hydroxyl groups is 1. The van der Waals surface area contributed by atoms with E-state index in [0.717, 1.165) is 12.0 Å². The third-order valence-electron chi connectivity index (χ3n) is 3.29. The van der Waals surface area contributed by atoms with Crippen LogP contribution >= 0.6 is 0 Å². The molecule has 0 heterocycles. The second-order valence-corrected chi connectivity index (χ2v) is 4.83. The van der Waals surface area contributed by atoms with Gasteiger partial charge in [0, 0.05) is 5.56 Å². The molecule has 4 nitrogen and oxygen atoms in total. The number of carbonyl (C=O) groups is 1. The zero-order valence-corrected chi connectivity index (χ0v) is 10.4. The Bertz CT molecular complexity index is 427. The molecule has 17 heavy (non-hydrogen) atoms. The summed E-state index contributed by atoms with van der Waals surface area (Å²) in [6.07, 6.45) is 0.916.